The normalized spacial score (nSPS) is 32.2. The molecule has 1 aliphatic heterocycles. The van der Waals surface area contributed by atoms with Gasteiger partial charge in [0.15, 0.2) is 0 Å². The smallest absolute Gasteiger partial charge is 0.236 e. The Morgan fingerprint density at radius 2 is 2.00 bits per heavy atom. The second kappa shape index (κ2) is 5.26. The monoisotopic (exact) mass is 267 g/mol. The van der Waals surface area contributed by atoms with Crippen molar-refractivity contribution in [2.75, 3.05) is 0 Å². The van der Waals surface area contributed by atoms with Crippen molar-refractivity contribution >= 4 is 17.5 Å². The number of carbonyl (C=O) groups is 1. The van der Waals surface area contributed by atoms with Gasteiger partial charge in [0.05, 0.1) is 0 Å². The summed E-state index contributed by atoms with van der Waals surface area (Å²) in [7, 11) is 0. The van der Waals surface area contributed by atoms with Gasteiger partial charge in [-0.2, -0.15) is 0 Å². The Hall–Kier alpha value is -1.10. The van der Waals surface area contributed by atoms with Crippen LogP contribution >= 0.6 is 11.6 Å². The van der Waals surface area contributed by atoms with E-state index < -0.39 is 0 Å². The summed E-state index contributed by atoms with van der Waals surface area (Å²) in [5, 5.41) is 7.36. The second-order valence-electron chi connectivity index (χ2n) is 4.82. The molecule has 1 amide bonds. The Balaban J connectivity index is 2.24. The Morgan fingerprint density at radius 3 is 2.61 bits per heavy atom. The van der Waals surface area contributed by atoms with Crippen molar-refractivity contribution in [2.24, 2.45) is 5.73 Å². The molecule has 1 heterocycles. The number of carbonyl (C=O) groups excluding carboxylic acids is 1. The lowest BCUT2D eigenvalue weighted by Crippen LogP contribution is -2.64. The van der Waals surface area contributed by atoms with Gasteiger partial charge < -0.3 is 11.1 Å². The molecule has 98 valence electrons. The maximum Gasteiger partial charge on any atom is 0.236 e. The molecule has 1 fully saturated rings. The highest BCUT2D eigenvalue weighted by Gasteiger charge is 2.35. The van der Waals surface area contributed by atoms with Gasteiger partial charge in [-0.3, -0.25) is 10.1 Å². The summed E-state index contributed by atoms with van der Waals surface area (Å²) in [6.45, 7) is 4.03. The Labute approximate surface area is 112 Å². The van der Waals surface area contributed by atoms with Crippen molar-refractivity contribution in [1.82, 2.24) is 10.6 Å². The fraction of sp³-hybridized carbons (Fsp3) is 0.462. The van der Waals surface area contributed by atoms with Gasteiger partial charge in [-0.05, 0) is 31.5 Å². The largest absolute Gasteiger partial charge is 0.368 e. The van der Waals surface area contributed by atoms with Crippen LogP contribution in [0.5, 0.6) is 0 Å². The fourth-order valence-electron chi connectivity index (χ4n) is 2.50. The minimum atomic E-state index is -0.370. The van der Waals surface area contributed by atoms with Crippen molar-refractivity contribution in [2.45, 2.75) is 38.0 Å². The van der Waals surface area contributed by atoms with E-state index in [-0.39, 0.29) is 30.1 Å². The zero-order chi connectivity index (χ0) is 13.3. The highest BCUT2D eigenvalue weighted by molar-refractivity contribution is 6.30. The highest BCUT2D eigenvalue weighted by atomic mass is 35.5. The van der Waals surface area contributed by atoms with Crippen LogP contribution in [0.15, 0.2) is 24.3 Å². The Kier molecular flexibility index (Phi) is 3.90. The average molecular weight is 268 g/mol. The maximum atomic E-state index is 11.4. The molecule has 0 bridgehead atoms. The van der Waals surface area contributed by atoms with Crippen LogP contribution in [-0.4, -0.2) is 24.0 Å². The number of hydrogen-bond donors (Lipinski definition) is 3. The van der Waals surface area contributed by atoms with Gasteiger partial charge in [-0.1, -0.05) is 23.7 Å². The molecule has 0 radical (unpaired) electrons. The maximum absolute atomic E-state index is 11.4. The molecule has 2 rings (SSSR count). The van der Waals surface area contributed by atoms with E-state index >= 15 is 0 Å². The van der Waals surface area contributed by atoms with Crippen molar-refractivity contribution in [1.29, 1.82) is 0 Å². The molecular weight excluding hydrogens is 250 g/mol. The van der Waals surface area contributed by atoms with E-state index in [4.69, 9.17) is 17.3 Å². The van der Waals surface area contributed by atoms with E-state index in [1.54, 1.807) is 0 Å². The van der Waals surface area contributed by atoms with Gasteiger partial charge in [-0.25, -0.2) is 0 Å². The van der Waals surface area contributed by atoms with E-state index in [0.29, 0.717) is 5.02 Å². The molecule has 0 spiro atoms. The molecule has 0 aromatic heterocycles. The van der Waals surface area contributed by atoms with E-state index in [1.807, 2.05) is 31.2 Å². The molecule has 4 N–H and O–H groups in total. The number of hydrogen-bond acceptors (Lipinski definition) is 3. The van der Waals surface area contributed by atoms with Crippen molar-refractivity contribution in [3.63, 3.8) is 0 Å². The molecule has 18 heavy (non-hydrogen) atoms. The molecule has 4 atom stereocenters. The minimum Gasteiger partial charge on any atom is -0.368 e. The van der Waals surface area contributed by atoms with Crippen LogP contribution in [0.25, 0.3) is 0 Å². The van der Waals surface area contributed by atoms with Crippen LogP contribution in [0.1, 0.15) is 25.5 Å². The standard InChI is InChI=1S/C13H18ClN3O/c1-7-11(9-4-3-5-10(14)6-9)17-12(13(15)18)8(2)16-7/h3-8,11-12,16-17H,1-2H3,(H2,15,18). The summed E-state index contributed by atoms with van der Waals surface area (Å²) in [6, 6.07) is 7.52. The van der Waals surface area contributed by atoms with Gasteiger partial charge in [0.25, 0.3) is 0 Å². The molecule has 5 heteroatoms. The zero-order valence-electron chi connectivity index (χ0n) is 10.5. The first-order valence-corrected chi connectivity index (χ1v) is 6.43. The van der Waals surface area contributed by atoms with E-state index in [9.17, 15) is 4.79 Å². The van der Waals surface area contributed by atoms with E-state index in [2.05, 4.69) is 17.6 Å². The molecule has 4 unspecified atom stereocenters. The molecule has 4 nitrogen and oxygen atoms in total. The van der Waals surface area contributed by atoms with Gasteiger partial charge in [-0.15, -0.1) is 0 Å². The minimum absolute atomic E-state index is 0.0212. The van der Waals surface area contributed by atoms with E-state index in [1.165, 1.54) is 0 Å². The number of benzene rings is 1. The number of halogens is 1. The molecule has 0 aliphatic carbocycles. The molecule has 1 aromatic rings. The predicted molar refractivity (Wildman–Crippen MR) is 72.4 cm³/mol. The summed E-state index contributed by atoms with van der Waals surface area (Å²) in [5.74, 6) is -0.339. The van der Waals surface area contributed by atoms with Crippen LogP contribution < -0.4 is 16.4 Å². The van der Waals surface area contributed by atoms with Crippen molar-refractivity contribution in [3.8, 4) is 0 Å². The summed E-state index contributed by atoms with van der Waals surface area (Å²) in [4.78, 5) is 11.4. The van der Waals surface area contributed by atoms with Crippen LogP contribution in [0, 0.1) is 0 Å². The number of piperazine rings is 1. The first-order chi connectivity index (χ1) is 8.49. The molecule has 1 aromatic carbocycles. The highest BCUT2D eigenvalue weighted by Crippen LogP contribution is 2.24. The van der Waals surface area contributed by atoms with Crippen LogP contribution in [0.4, 0.5) is 0 Å². The van der Waals surface area contributed by atoms with Crippen molar-refractivity contribution in [3.05, 3.63) is 34.9 Å². The summed E-state index contributed by atoms with van der Waals surface area (Å²) < 4.78 is 0. The summed E-state index contributed by atoms with van der Waals surface area (Å²) in [5.41, 5.74) is 6.46. The number of primary amides is 1. The number of rotatable bonds is 2. The van der Waals surface area contributed by atoms with Crippen LogP contribution in [0.3, 0.4) is 0 Å². The van der Waals surface area contributed by atoms with Gasteiger partial charge in [0.2, 0.25) is 5.91 Å². The molecular formula is C13H18ClN3O. The van der Waals surface area contributed by atoms with Gasteiger partial charge >= 0.3 is 0 Å². The van der Waals surface area contributed by atoms with Crippen molar-refractivity contribution < 1.29 is 4.79 Å². The zero-order valence-corrected chi connectivity index (χ0v) is 11.2. The molecule has 1 saturated heterocycles. The number of nitrogens with two attached hydrogens (primary N) is 1. The summed E-state index contributed by atoms with van der Waals surface area (Å²) in [6.07, 6.45) is 0. The first kappa shape index (κ1) is 13.3. The second-order valence-corrected chi connectivity index (χ2v) is 5.26. The third-order valence-corrected chi connectivity index (χ3v) is 3.63. The lowest BCUT2D eigenvalue weighted by Gasteiger charge is -2.40. The van der Waals surface area contributed by atoms with Crippen LogP contribution in [0.2, 0.25) is 5.02 Å². The fourth-order valence-corrected chi connectivity index (χ4v) is 2.70. The first-order valence-electron chi connectivity index (χ1n) is 6.06. The summed E-state index contributed by atoms with van der Waals surface area (Å²) >= 11 is 6.00. The number of nitrogens with one attached hydrogen (secondary N) is 2. The topological polar surface area (TPSA) is 67.2 Å². The molecule has 1 aliphatic rings. The average Bonchev–Trinajstić information content (AvgIpc) is 2.28. The van der Waals surface area contributed by atoms with Crippen LogP contribution in [-0.2, 0) is 4.79 Å². The Bertz CT molecular complexity index is 452. The predicted octanol–water partition coefficient (Wildman–Crippen LogP) is 1.20. The lowest BCUT2D eigenvalue weighted by molar-refractivity contribution is -0.121. The quantitative estimate of drug-likeness (QED) is 0.754. The third kappa shape index (κ3) is 2.66. The SMILES string of the molecule is CC1NC(C)C(c2cccc(Cl)c2)NC1C(N)=O. The van der Waals surface area contributed by atoms with E-state index in [0.717, 1.165) is 5.56 Å². The van der Waals surface area contributed by atoms with Gasteiger partial charge in [0.1, 0.15) is 6.04 Å². The van der Waals surface area contributed by atoms with Gasteiger partial charge in [0, 0.05) is 23.1 Å². The number of amides is 1. The molecule has 0 saturated carbocycles. The lowest BCUT2D eigenvalue weighted by atomic mass is 9.93. The third-order valence-electron chi connectivity index (χ3n) is 3.40. The Morgan fingerprint density at radius 1 is 1.28 bits per heavy atom.